The van der Waals surface area contributed by atoms with Gasteiger partial charge in [-0.1, -0.05) is 27.2 Å². The van der Waals surface area contributed by atoms with Crippen LogP contribution in [0.15, 0.2) is 51.5 Å². The van der Waals surface area contributed by atoms with Crippen molar-refractivity contribution < 1.29 is 18.8 Å². The largest absolute Gasteiger partial charge is 0.462 e. The first-order valence-electron chi connectivity index (χ1n) is 11.3. The lowest BCUT2D eigenvalue weighted by Gasteiger charge is -2.30. The number of carbonyl (C=O) groups is 2. The third-order valence-corrected chi connectivity index (χ3v) is 6.42. The monoisotopic (exact) mass is 526 g/mol. The number of likely N-dealkylation sites (tertiary alicyclic amines) is 1. The summed E-state index contributed by atoms with van der Waals surface area (Å²) < 4.78 is 11.5. The van der Waals surface area contributed by atoms with Crippen LogP contribution in [0, 0.1) is 12.8 Å². The Morgan fingerprint density at radius 2 is 1.91 bits per heavy atom. The lowest BCUT2D eigenvalue weighted by atomic mass is 9.95. The molecule has 2 heterocycles. The van der Waals surface area contributed by atoms with Gasteiger partial charge in [0, 0.05) is 21.6 Å². The van der Waals surface area contributed by atoms with E-state index in [1.165, 1.54) is 0 Å². The van der Waals surface area contributed by atoms with Gasteiger partial charge in [-0.05, 0) is 81.7 Å². The van der Waals surface area contributed by atoms with Crippen LogP contribution in [0.25, 0.3) is 11.4 Å². The molecule has 0 unspecified atom stereocenters. The Morgan fingerprint density at radius 1 is 1.18 bits per heavy atom. The van der Waals surface area contributed by atoms with Crippen LogP contribution >= 0.6 is 15.9 Å². The number of hydrogen-bond donors (Lipinski definition) is 1. The molecular formula is C25H27BrN4O4. The number of nitrogens with zero attached hydrogens (tertiary/aromatic N) is 3. The van der Waals surface area contributed by atoms with E-state index in [0.717, 1.165) is 41.5 Å². The summed E-state index contributed by atoms with van der Waals surface area (Å²) in [5.74, 6) is 0.613. The molecule has 1 aliphatic rings. The number of ether oxygens (including phenoxy) is 1. The highest BCUT2D eigenvalue weighted by molar-refractivity contribution is 9.10. The van der Waals surface area contributed by atoms with Crippen molar-refractivity contribution in [1.82, 2.24) is 15.0 Å². The van der Waals surface area contributed by atoms with E-state index in [1.807, 2.05) is 37.3 Å². The van der Waals surface area contributed by atoms with E-state index in [1.54, 1.807) is 19.1 Å². The predicted octanol–water partition coefficient (Wildman–Crippen LogP) is 4.83. The van der Waals surface area contributed by atoms with Crippen molar-refractivity contribution in [1.29, 1.82) is 0 Å². The maximum atomic E-state index is 12.9. The number of piperidine rings is 1. The number of aryl methyl sites for hydroxylation is 1. The fraction of sp³-hybridized carbons (Fsp3) is 0.360. The van der Waals surface area contributed by atoms with Gasteiger partial charge in [0.05, 0.1) is 18.7 Å². The number of anilines is 1. The lowest BCUT2D eigenvalue weighted by Crippen LogP contribution is -2.37. The highest BCUT2D eigenvalue weighted by atomic mass is 79.9. The minimum atomic E-state index is -0.393. The second kappa shape index (κ2) is 10.9. The molecule has 0 saturated carbocycles. The molecule has 1 amide bonds. The van der Waals surface area contributed by atoms with Crippen molar-refractivity contribution in [2.75, 3.05) is 25.0 Å². The third-order valence-electron chi connectivity index (χ3n) is 5.89. The molecule has 1 fully saturated rings. The average molecular weight is 527 g/mol. The van der Waals surface area contributed by atoms with Gasteiger partial charge in [0.2, 0.25) is 17.6 Å². The highest BCUT2D eigenvalue weighted by Crippen LogP contribution is 2.24. The summed E-state index contributed by atoms with van der Waals surface area (Å²) in [5.41, 5.74) is 2.87. The van der Waals surface area contributed by atoms with Gasteiger partial charge < -0.3 is 14.6 Å². The number of aromatic nitrogens is 2. The van der Waals surface area contributed by atoms with E-state index in [4.69, 9.17) is 9.26 Å². The van der Waals surface area contributed by atoms with Crippen molar-refractivity contribution in [2.45, 2.75) is 33.2 Å². The number of rotatable bonds is 7. The Labute approximate surface area is 206 Å². The van der Waals surface area contributed by atoms with Gasteiger partial charge in [-0.15, -0.1) is 0 Å². The predicted molar refractivity (Wildman–Crippen MR) is 131 cm³/mol. The molecule has 34 heavy (non-hydrogen) atoms. The van der Waals surface area contributed by atoms with E-state index < -0.39 is 5.97 Å². The Balaban J connectivity index is 1.30. The minimum absolute atomic E-state index is 0.0286. The van der Waals surface area contributed by atoms with Crippen LogP contribution in [0.2, 0.25) is 0 Å². The Morgan fingerprint density at radius 3 is 2.62 bits per heavy atom. The van der Waals surface area contributed by atoms with Crippen LogP contribution in [0.1, 0.15) is 41.6 Å². The van der Waals surface area contributed by atoms with Crippen LogP contribution in [-0.2, 0) is 16.1 Å². The molecule has 1 aliphatic heterocycles. The molecule has 1 aromatic heterocycles. The molecule has 178 valence electrons. The van der Waals surface area contributed by atoms with Crippen LogP contribution < -0.4 is 5.32 Å². The zero-order valence-corrected chi connectivity index (χ0v) is 20.8. The maximum Gasteiger partial charge on any atom is 0.338 e. The Hall–Kier alpha value is -3.04. The van der Waals surface area contributed by atoms with Crippen LogP contribution in [0.5, 0.6) is 0 Å². The third kappa shape index (κ3) is 5.90. The number of carbonyl (C=O) groups excluding carboxylic acids is 2. The van der Waals surface area contributed by atoms with Gasteiger partial charge in [0.15, 0.2) is 0 Å². The van der Waals surface area contributed by atoms with Gasteiger partial charge >= 0.3 is 5.97 Å². The van der Waals surface area contributed by atoms with Gasteiger partial charge in [-0.3, -0.25) is 9.69 Å². The van der Waals surface area contributed by atoms with E-state index in [2.05, 4.69) is 36.3 Å². The first-order valence-corrected chi connectivity index (χ1v) is 12.1. The Kier molecular flexibility index (Phi) is 7.74. The van der Waals surface area contributed by atoms with Crippen molar-refractivity contribution in [3.05, 3.63) is 64.0 Å². The first-order chi connectivity index (χ1) is 16.4. The maximum absolute atomic E-state index is 12.9. The topological polar surface area (TPSA) is 97.6 Å². The second-order valence-electron chi connectivity index (χ2n) is 8.31. The second-order valence-corrected chi connectivity index (χ2v) is 9.22. The standard InChI is InChI=1S/C25H27BrN4O4/c1-3-33-25(32)19-5-4-16(2)21(14-19)27-24(31)18-10-12-30(13-11-18)15-22-28-23(29-34-22)17-6-8-20(26)9-7-17/h4-9,14,18H,3,10-13,15H2,1-2H3,(H,27,31). The number of amides is 1. The highest BCUT2D eigenvalue weighted by Gasteiger charge is 2.26. The molecule has 4 rings (SSSR count). The summed E-state index contributed by atoms with van der Waals surface area (Å²) in [5, 5.41) is 7.08. The number of halogens is 1. The van der Waals surface area contributed by atoms with Crippen molar-refractivity contribution >= 4 is 33.5 Å². The molecule has 2 aromatic carbocycles. The molecule has 8 nitrogen and oxygen atoms in total. The zero-order chi connectivity index (χ0) is 24.1. The fourth-order valence-electron chi connectivity index (χ4n) is 3.91. The van der Waals surface area contributed by atoms with Crippen molar-refractivity contribution in [2.24, 2.45) is 5.92 Å². The SMILES string of the molecule is CCOC(=O)c1ccc(C)c(NC(=O)C2CCN(Cc3nc(-c4ccc(Br)cc4)no3)CC2)c1. The van der Waals surface area contributed by atoms with Gasteiger partial charge in [-0.2, -0.15) is 4.98 Å². The first kappa shape index (κ1) is 24.1. The summed E-state index contributed by atoms with van der Waals surface area (Å²) in [7, 11) is 0. The molecule has 3 aromatic rings. The number of benzene rings is 2. The summed E-state index contributed by atoms with van der Waals surface area (Å²) in [6.07, 6.45) is 1.46. The van der Waals surface area contributed by atoms with Crippen LogP contribution in [0.3, 0.4) is 0 Å². The van der Waals surface area contributed by atoms with Gasteiger partial charge in [0.1, 0.15) is 0 Å². The molecule has 1 saturated heterocycles. The number of esters is 1. The summed E-state index contributed by atoms with van der Waals surface area (Å²) in [4.78, 5) is 31.6. The quantitative estimate of drug-likeness (QED) is 0.440. The lowest BCUT2D eigenvalue weighted by molar-refractivity contribution is -0.121. The molecule has 0 bridgehead atoms. The molecule has 0 atom stereocenters. The summed E-state index contributed by atoms with van der Waals surface area (Å²) in [6, 6.07) is 13.0. The zero-order valence-electron chi connectivity index (χ0n) is 19.2. The van der Waals surface area contributed by atoms with Crippen molar-refractivity contribution in [3.63, 3.8) is 0 Å². The summed E-state index contributed by atoms with van der Waals surface area (Å²) >= 11 is 3.42. The van der Waals surface area contributed by atoms with E-state index in [-0.39, 0.29) is 11.8 Å². The smallest absolute Gasteiger partial charge is 0.338 e. The van der Waals surface area contributed by atoms with Gasteiger partial charge in [0.25, 0.3) is 0 Å². The minimum Gasteiger partial charge on any atom is -0.462 e. The molecule has 1 N–H and O–H groups in total. The molecular weight excluding hydrogens is 500 g/mol. The fourth-order valence-corrected chi connectivity index (χ4v) is 4.18. The van der Waals surface area contributed by atoms with Crippen LogP contribution in [0.4, 0.5) is 5.69 Å². The Bertz CT molecular complexity index is 1150. The average Bonchev–Trinajstić information content (AvgIpc) is 3.30. The van der Waals surface area contributed by atoms with Crippen molar-refractivity contribution in [3.8, 4) is 11.4 Å². The van der Waals surface area contributed by atoms with E-state index in [0.29, 0.717) is 36.1 Å². The molecule has 0 aliphatic carbocycles. The van der Waals surface area contributed by atoms with Crippen LogP contribution in [-0.4, -0.2) is 46.6 Å². The molecule has 0 radical (unpaired) electrons. The summed E-state index contributed by atoms with van der Waals surface area (Å²) in [6.45, 7) is 6.05. The number of nitrogens with one attached hydrogen (secondary N) is 1. The van der Waals surface area contributed by atoms with E-state index in [9.17, 15) is 9.59 Å². The molecule has 9 heteroatoms. The molecule has 0 spiro atoms. The normalized spacial score (nSPS) is 14.7. The van der Waals surface area contributed by atoms with Gasteiger partial charge in [-0.25, -0.2) is 4.79 Å². The van der Waals surface area contributed by atoms with E-state index >= 15 is 0 Å². The number of hydrogen-bond acceptors (Lipinski definition) is 7.